The number of carbonyl (C=O) groups is 2. The predicted molar refractivity (Wildman–Crippen MR) is 86.9 cm³/mol. The molecule has 0 aromatic heterocycles. The maximum absolute atomic E-state index is 11.4. The van der Waals surface area contributed by atoms with Gasteiger partial charge >= 0.3 is 11.9 Å². The summed E-state index contributed by atoms with van der Waals surface area (Å²) in [5, 5.41) is 0. The summed E-state index contributed by atoms with van der Waals surface area (Å²) in [6.45, 7) is 6.21. The van der Waals surface area contributed by atoms with Crippen molar-refractivity contribution in [3.05, 3.63) is 24.6 Å². The van der Waals surface area contributed by atoms with Gasteiger partial charge in [-0.25, -0.2) is 9.59 Å². The zero-order valence-electron chi connectivity index (χ0n) is 13.9. The molecule has 1 fully saturated rings. The van der Waals surface area contributed by atoms with E-state index in [9.17, 15) is 9.59 Å². The Labute approximate surface area is 145 Å². The van der Waals surface area contributed by atoms with Gasteiger partial charge in [-0.15, -0.1) is 0 Å². The lowest BCUT2D eigenvalue weighted by Crippen LogP contribution is -2.67. The second-order valence-electron chi connectivity index (χ2n) is 5.97. The summed E-state index contributed by atoms with van der Waals surface area (Å²) in [6.07, 6.45) is -1.08. The third-order valence-electron chi connectivity index (χ3n) is 3.44. The zero-order chi connectivity index (χ0) is 19.3. The largest absolute Gasteiger partial charge is 0.460 e. The maximum atomic E-state index is 11.4. The van der Waals surface area contributed by atoms with Gasteiger partial charge in [-0.2, -0.15) is 0 Å². The number of esters is 2. The summed E-state index contributed by atoms with van der Waals surface area (Å²) in [5.74, 6) is -1.60. The fourth-order valence-electron chi connectivity index (χ4n) is 1.83. The van der Waals surface area contributed by atoms with Crippen molar-refractivity contribution in [3.8, 4) is 0 Å². The van der Waals surface area contributed by atoms with Crippen LogP contribution in [0, 0.1) is 5.41 Å². The number of hydrogen-bond donors (Lipinski definition) is 5. The Hall–Kier alpha value is -2.18. The molecule has 1 rings (SSSR count). The van der Waals surface area contributed by atoms with Crippen LogP contribution >= 0.6 is 0 Å². The number of ether oxygens (including phenoxy) is 4. The number of hydrogen-bond acceptors (Lipinski definition) is 11. The molecule has 0 bridgehead atoms. The topological polar surface area (TPSA) is 201 Å². The van der Waals surface area contributed by atoms with Crippen LogP contribution in [0.4, 0.5) is 0 Å². The average Bonchev–Trinajstić information content (AvgIpc) is 2.57. The lowest BCUT2D eigenvalue weighted by atomic mass is 9.90. The zero-order valence-corrected chi connectivity index (χ0v) is 13.9. The Morgan fingerprint density at radius 3 is 2.00 bits per heavy atom. The third kappa shape index (κ3) is 5.69. The van der Waals surface area contributed by atoms with Crippen LogP contribution < -0.4 is 28.7 Å². The summed E-state index contributed by atoms with van der Waals surface area (Å²) in [6, 6.07) is 0. The van der Waals surface area contributed by atoms with Gasteiger partial charge in [0.1, 0.15) is 24.6 Å². The van der Waals surface area contributed by atoms with E-state index >= 15 is 0 Å². The monoisotopic (exact) mass is 359 g/mol. The molecule has 0 saturated carbocycles. The minimum atomic E-state index is -1.63. The first-order valence-electron chi connectivity index (χ1n) is 7.27. The molecule has 1 saturated heterocycles. The minimum absolute atomic E-state index is 0.0478. The highest BCUT2D eigenvalue weighted by Crippen LogP contribution is 2.27. The van der Waals surface area contributed by atoms with Crippen molar-refractivity contribution in [2.75, 3.05) is 33.0 Å². The van der Waals surface area contributed by atoms with E-state index in [1.807, 2.05) is 0 Å². The second-order valence-corrected chi connectivity index (χ2v) is 5.97. The van der Waals surface area contributed by atoms with Gasteiger partial charge in [0.2, 0.25) is 0 Å². The van der Waals surface area contributed by atoms with E-state index in [1.165, 1.54) is 0 Å². The summed E-state index contributed by atoms with van der Waals surface area (Å²) in [4.78, 5) is 22.7. The molecule has 0 aromatic rings. The normalized spacial score (nSPS) is 23.6. The molecule has 0 aromatic carbocycles. The Bertz CT molecular complexity index is 542. The molecule has 25 heavy (non-hydrogen) atoms. The predicted octanol–water partition coefficient (Wildman–Crippen LogP) is -3.05. The van der Waals surface area contributed by atoms with Crippen LogP contribution in [0.5, 0.6) is 0 Å². The van der Waals surface area contributed by atoms with E-state index in [-0.39, 0.29) is 37.8 Å². The molecule has 142 valence electrons. The Morgan fingerprint density at radius 2 is 1.56 bits per heavy atom. The SMILES string of the molecule is C=C(N)C(=O)OCC1(CN)COC(C(N)(N)COC(=O)C(=C)N)OC1. The van der Waals surface area contributed by atoms with Gasteiger partial charge in [-0.05, 0) is 0 Å². The van der Waals surface area contributed by atoms with Crippen LogP contribution in [0.15, 0.2) is 24.6 Å². The smallest absolute Gasteiger partial charge is 0.353 e. The van der Waals surface area contributed by atoms with Crippen molar-refractivity contribution < 1.29 is 28.5 Å². The van der Waals surface area contributed by atoms with Crippen LogP contribution in [0.1, 0.15) is 0 Å². The van der Waals surface area contributed by atoms with Crippen molar-refractivity contribution in [1.29, 1.82) is 0 Å². The molecule has 0 spiro atoms. The summed E-state index contributed by atoms with van der Waals surface area (Å²) >= 11 is 0. The quantitative estimate of drug-likeness (QED) is 0.167. The Kier molecular flexibility index (Phi) is 6.90. The average molecular weight is 359 g/mol. The van der Waals surface area contributed by atoms with Gasteiger partial charge in [-0.1, -0.05) is 13.2 Å². The molecule has 1 aliphatic rings. The van der Waals surface area contributed by atoms with Crippen molar-refractivity contribution in [3.63, 3.8) is 0 Å². The number of rotatable bonds is 8. The lowest BCUT2D eigenvalue weighted by molar-refractivity contribution is -0.263. The van der Waals surface area contributed by atoms with Crippen molar-refractivity contribution >= 4 is 11.9 Å². The lowest BCUT2D eigenvalue weighted by Gasteiger charge is -2.43. The maximum Gasteiger partial charge on any atom is 0.353 e. The van der Waals surface area contributed by atoms with Crippen molar-refractivity contribution in [1.82, 2.24) is 0 Å². The molecule has 0 atom stereocenters. The van der Waals surface area contributed by atoms with E-state index < -0.39 is 35.9 Å². The number of carbonyl (C=O) groups excluding carboxylic acids is 2. The number of nitrogens with two attached hydrogens (primary N) is 5. The third-order valence-corrected chi connectivity index (χ3v) is 3.44. The summed E-state index contributed by atoms with van der Waals surface area (Å²) < 4.78 is 20.8. The van der Waals surface area contributed by atoms with E-state index in [0.717, 1.165) is 0 Å². The van der Waals surface area contributed by atoms with Crippen LogP contribution in [-0.2, 0) is 28.5 Å². The standard InChI is InChI=1S/C14H25N5O6/c1-8(16)10(20)22-4-13(3-15)5-24-12(25-6-13)14(18,19)7-23-11(21)9(2)17/h12H,1-7,15-19H2. The fraction of sp³-hybridized carbons (Fsp3) is 0.571. The van der Waals surface area contributed by atoms with Crippen LogP contribution in [0.25, 0.3) is 0 Å². The summed E-state index contributed by atoms with van der Waals surface area (Å²) in [7, 11) is 0. The minimum Gasteiger partial charge on any atom is -0.460 e. The van der Waals surface area contributed by atoms with E-state index in [0.29, 0.717) is 0 Å². The molecule has 0 amide bonds. The van der Waals surface area contributed by atoms with Crippen LogP contribution in [0.2, 0.25) is 0 Å². The first-order chi connectivity index (χ1) is 11.5. The van der Waals surface area contributed by atoms with Gasteiger partial charge in [0.15, 0.2) is 12.0 Å². The highest BCUT2D eigenvalue weighted by molar-refractivity contribution is 5.86. The van der Waals surface area contributed by atoms with E-state index in [4.69, 9.17) is 47.6 Å². The van der Waals surface area contributed by atoms with E-state index in [1.54, 1.807) is 0 Å². The van der Waals surface area contributed by atoms with Gasteiger partial charge < -0.3 is 47.6 Å². The fourth-order valence-corrected chi connectivity index (χ4v) is 1.83. The summed E-state index contributed by atoms with van der Waals surface area (Å²) in [5.41, 5.74) is 25.0. The highest BCUT2D eigenvalue weighted by Gasteiger charge is 2.44. The first-order valence-corrected chi connectivity index (χ1v) is 7.27. The first kappa shape index (κ1) is 20.9. The van der Waals surface area contributed by atoms with Gasteiger partial charge in [0.05, 0.1) is 18.6 Å². The van der Waals surface area contributed by atoms with Crippen molar-refractivity contribution in [2.45, 2.75) is 12.0 Å². The van der Waals surface area contributed by atoms with Gasteiger partial charge in [0, 0.05) is 6.54 Å². The molecule has 0 radical (unpaired) electrons. The molecular weight excluding hydrogens is 334 g/mol. The Balaban J connectivity index is 2.59. The molecule has 11 heteroatoms. The molecule has 0 unspecified atom stereocenters. The van der Waals surface area contributed by atoms with Crippen LogP contribution in [0.3, 0.4) is 0 Å². The molecule has 10 N–H and O–H groups in total. The molecule has 1 heterocycles. The molecule has 1 aliphatic heterocycles. The van der Waals surface area contributed by atoms with Crippen molar-refractivity contribution in [2.24, 2.45) is 34.1 Å². The molecule has 11 nitrogen and oxygen atoms in total. The van der Waals surface area contributed by atoms with Gasteiger partial charge in [0.25, 0.3) is 0 Å². The molecule has 0 aliphatic carbocycles. The Morgan fingerprint density at radius 1 is 1.08 bits per heavy atom. The van der Waals surface area contributed by atoms with Crippen LogP contribution in [-0.4, -0.2) is 56.9 Å². The van der Waals surface area contributed by atoms with Gasteiger partial charge in [-0.3, -0.25) is 0 Å². The van der Waals surface area contributed by atoms with E-state index in [2.05, 4.69) is 13.2 Å². The molecular formula is C14H25N5O6. The second kappa shape index (κ2) is 8.27. The highest BCUT2D eigenvalue weighted by atomic mass is 16.7.